The van der Waals surface area contributed by atoms with E-state index in [2.05, 4.69) is 0 Å². The Balaban J connectivity index is 2.46. The average Bonchev–Trinajstić information content (AvgIpc) is 2.47. The van der Waals surface area contributed by atoms with Gasteiger partial charge in [0.1, 0.15) is 5.82 Å². The van der Waals surface area contributed by atoms with Crippen LogP contribution in [0.3, 0.4) is 0 Å². The second-order valence-corrected chi connectivity index (χ2v) is 5.70. The molecule has 0 spiro atoms. The maximum atomic E-state index is 14.2. The van der Waals surface area contributed by atoms with Gasteiger partial charge in [-0.1, -0.05) is 47.5 Å². The first-order valence-electron chi connectivity index (χ1n) is 6.54. The maximum Gasteiger partial charge on any atom is 0.145 e. The monoisotopic (exact) mass is 327 g/mol. The number of hydrogen-bond acceptors (Lipinski definition) is 2. The number of halogens is 3. The van der Waals surface area contributed by atoms with Crippen LogP contribution in [-0.2, 0) is 0 Å². The van der Waals surface area contributed by atoms with Gasteiger partial charge >= 0.3 is 0 Å². The first-order valence-corrected chi connectivity index (χ1v) is 7.30. The molecule has 0 radical (unpaired) electrons. The molecule has 0 fully saturated rings. The lowest BCUT2D eigenvalue weighted by Crippen LogP contribution is -2.22. The zero-order valence-electron chi connectivity index (χ0n) is 11.5. The van der Waals surface area contributed by atoms with Crippen LogP contribution < -0.4 is 5.73 Å². The molecule has 0 amide bonds. The molecular formula is C16H16Cl2FNO. The highest BCUT2D eigenvalue weighted by molar-refractivity contribution is 6.31. The van der Waals surface area contributed by atoms with E-state index in [1.807, 2.05) is 6.92 Å². The Hall–Kier alpha value is -1.13. The molecule has 2 atom stereocenters. The molecule has 0 aliphatic carbocycles. The average molecular weight is 328 g/mol. The van der Waals surface area contributed by atoms with Gasteiger partial charge in [-0.2, -0.15) is 0 Å². The second-order valence-electron chi connectivity index (χ2n) is 4.88. The fourth-order valence-corrected chi connectivity index (χ4v) is 2.76. The van der Waals surface area contributed by atoms with Gasteiger partial charge in [0.05, 0.1) is 11.1 Å². The summed E-state index contributed by atoms with van der Waals surface area (Å²) >= 11 is 11.9. The summed E-state index contributed by atoms with van der Waals surface area (Å²) < 4.78 is 14.2. The number of nitrogens with two attached hydrogens (primary N) is 1. The van der Waals surface area contributed by atoms with Gasteiger partial charge in [-0.05, 0) is 35.7 Å². The molecule has 0 aliphatic heterocycles. The van der Waals surface area contributed by atoms with Gasteiger partial charge in [-0.15, -0.1) is 0 Å². The molecule has 2 rings (SSSR count). The lowest BCUT2D eigenvalue weighted by molar-refractivity contribution is 0.145. The molecule has 0 aliphatic rings. The zero-order chi connectivity index (χ0) is 15.6. The van der Waals surface area contributed by atoms with Crippen molar-refractivity contribution in [2.75, 3.05) is 6.54 Å². The largest absolute Gasteiger partial charge is 0.388 e. The first kappa shape index (κ1) is 16.2. The quantitative estimate of drug-likeness (QED) is 0.883. The van der Waals surface area contributed by atoms with Crippen molar-refractivity contribution in [3.63, 3.8) is 0 Å². The van der Waals surface area contributed by atoms with Gasteiger partial charge in [0, 0.05) is 17.5 Å². The van der Waals surface area contributed by atoms with E-state index in [0.29, 0.717) is 16.1 Å². The molecular weight excluding hydrogens is 312 g/mol. The summed E-state index contributed by atoms with van der Waals surface area (Å²) in [5, 5.41) is 11.2. The fraction of sp³-hybridized carbons (Fsp3) is 0.250. The molecule has 2 unspecified atom stereocenters. The Morgan fingerprint density at radius 1 is 1.10 bits per heavy atom. The van der Waals surface area contributed by atoms with E-state index in [-0.39, 0.29) is 11.6 Å². The number of benzene rings is 2. The van der Waals surface area contributed by atoms with Gasteiger partial charge in [0.15, 0.2) is 0 Å². The van der Waals surface area contributed by atoms with Crippen molar-refractivity contribution in [2.24, 2.45) is 5.73 Å². The van der Waals surface area contributed by atoms with Crippen molar-refractivity contribution < 1.29 is 9.50 Å². The minimum Gasteiger partial charge on any atom is -0.388 e. The van der Waals surface area contributed by atoms with E-state index in [1.54, 1.807) is 30.3 Å². The van der Waals surface area contributed by atoms with Crippen LogP contribution in [-0.4, -0.2) is 11.7 Å². The lowest BCUT2D eigenvalue weighted by Gasteiger charge is -2.24. The fourth-order valence-electron chi connectivity index (χ4n) is 2.39. The molecule has 2 aromatic rings. The van der Waals surface area contributed by atoms with Crippen molar-refractivity contribution in [1.82, 2.24) is 0 Å². The van der Waals surface area contributed by atoms with E-state index < -0.39 is 17.8 Å². The van der Waals surface area contributed by atoms with Gasteiger partial charge in [0.25, 0.3) is 0 Å². The lowest BCUT2D eigenvalue weighted by atomic mass is 9.87. The maximum absolute atomic E-state index is 14.2. The molecule has 0 heterocycles. The highest BCUT2D eigenvalue weighted by Crippen LogP contribution is 2.36. The molecule has 5 heteroatoms. The normalized spacial score (nSPS) is 14.0. The van der Waals surface area contributed by atoms with Crippen molar-refractivity contribution in [3.8, 4) is 0 Å². The molecule has 0 saturated heterocycles. The highest BCUT2D eigenvalue weighted by Gasteiger charge is 2.26. The Morgan fingerprint density at radius 3 is 2.29 bits per heavy atom. The molecule has 3 N–H and O–H groups in total. The standard InChI is InChI=1S/C16H16Cl2FNO/c1-9-10(4-2-6-13(9)17)16(21)12(8-20)11-5-3-7-14(18)15(11)19/h2-7,12,16,21H,8,20H2,1H3. The smallest absolute Gasteiger partial charge is 0.145 e. The number of aliphatic hydroxyl groups excluding tert-OH is 1. The van der Waals surface area contributed by atoms with E-state index in [0.717, 1.165) is 5.56 Å². The highest BCUT2D eigenvalue weighted by atomic mass is 35.5. The van der Waals surface area contributed by atoms with Crippen molar-refractivity contribution >= 4 is 23.2 Å². The van der Waals surface area contributed by atoms with Crippen LogP contribution in [0.4, 0.5) is 4.39 Å². The Kier molecular flexibility index (Phi) is 5.22. The number of aliphatic hydroxyl groups is 1. The van der Waals surface area contributed by atoms with E-state index in [9.17, 15) is 9.50 Å². The van der Waals surface area contributed by atoms with Crippen LogP contribution in [0.1, 0.15) is 28.7 Å². The number of hydrogen-bond donors (Lipinski definition) is 2. The second kappa shape index (κ2) is 6.75. The predicted molar refractivity (Wildman–Crippen MR) is 84.4 cm³/mol. The molecule has 112 valence electrons. The van der Waals surface area contributed by atoms with Crippen LogP contribution in [0.15, 0.2) is 36.4 Å². The summed E-state index contributed by atoms with van der Waals surface area (Å²) in [6, 6.07) is 9.94. The topological polar surface area (TPSA) is 46.2 Å². The summed E-state index contributed by atoms with van der Waals surface area (Å²) in [7, 11) is 0. The van der Waals surface area contributed by atoms with Crippen LogP contribution in [0.25, 0.3) is 0 Å². The van der Waals surface area contributed by atoms with Crippen molar-refractivity contribution in [2.45, 2.75) is 18.9 Å². The van der Waals surface area contributed by atoms with Gasteiger partial charge in [0.2, 0.25) is 0 Å². The van der Waals surface area contributed by atoms with Gasteiger partial charge in [-0.25, -0.2) is 4.39 Å². The third-order valence-electron chi connectivity index (χ3n) is 3.64. The Morgan fingerprint density at radius 2 is 1.67 bits per heavy atom. The van der Waals surface area contributed by atoms with Gasteiger partial charge in [-0.3, -0.25) is 0 Å². The van der Waals surface area contributed by atoms with E-state index >= 15 is 0 Å². The molecule has 0 saturated carbocycles. The van der Waals surface area contributed by atoms with Crippen molar-refractivity contribution in [3.05, 3.63) is 69.0 Å². The minimum absolute atomic E-state index is 0.0148. The van der Waals surface area contributed by atoms with Crippen molar-refractivity contribution in [1.29, 1.82) is 0 Å². The van der Waals surface area contributed by atoms with Crippen LogP contribution in [0.5, 0.6) is 0 Å². The summed E-state index contributed by atoms with van der Waals surface area (Å²) in [4.78, 5) is 0. The molecule has 0 aromatic heterocycles. The summed E-state index contributed by atoms with van der Waals surface area (Å²) in [6.07, 6.45) is -0.957. The Bertz CT molecular complexity index is 648. The van der Waals surface area contributed by atoms with E-state index in [4.69, 9.17) is 28.9 Å². The Labute approximate surface area is 133 Å². The van der Waals surface area contributed by atoms with E-state index in [1.165, 1.54) is 6.07 Å². The third kappa shape index (κ3) is 3.22. The molecule has 0 bridgehead atoms. The zero-order valence-corrected chi connectivity index (χ0v) is 13.0. The van der Waals surface area contributed by atoms with Crippen LogP contribution in [0, 0.1) is 12.7 Å². The van der Waals surface area contributed by atoms with Crippen LogP contribution >= 0.6 is 23.2 Å². The summed E-state index contributed by atoms with van der Waals surface area (Å²) in [5.74, 6) is -1.14. The molecule has 2 nitrogen and oxygen atoms in total. The van der Waals surface area contributed by atoms with Crippen LogP contribution in [0.2, 0.25) is 10.0 Å². The SMILES string of the molecule is Cc1c(Cl)cccc1C(O)C(CN)c1cccc(Cl)c1F. The number of rotatable bonds is 4. The predicted octanol–water partition coefficient (Wildman–Crippen LogP) is 4.22. The first-order chi connectivity index (χ1) is 9.97. The summed E-state index contributed by atoms with van der Waals surface area (Å²) in [5.41, 5.74) is 7.44. The molecule has 2 aromatic carbocycles. The minimum atomic E-state index is -0.957. The van der Waals surface area contributed by atoms with Gasteiger partial charge < -0.3 is 10.8 Å². The summed E-state index contributed by atoms with van der Waals surface area (Å²) in [6.45, 7) is 1.90. The third-order valence-corrected chi connectivity index (χ3v) is 4.35. The molecule has 21 heavy (non-hydrogen) atoms.